The molecular formula is C9H10N2O2S2. The van der Waals surface area contributed by atoms with Crippen molar-refractivity contribution in [2.45, 2.75) is 5.03 Å². The van der Waals surface area contributed by atoms with Gasteiger partial charge in [-0.25, -0.2) is 13.4 Å². The minimum absolute atomic E-state index is 0.121. The van der Waals surface area contributed by atoms with Crippen LogP contribution in [-0.4, -0.2) is 31.2 Å². The van der Waals surface area contributed by atoms with Gasteiger partial charge in [0.2, 0.25) is 0 Å². The summed E-state index contributed by atoms with van der Waals surface area (Å²) in [6, 6.07) is 7.03. The summed E-state index contributed by atoms with van der Waals surface area (Å²) in [6.07, 6.45) is 1.20. The van der Waals surface area contributed by atoms with E-state index in [2.05, 4.69) is 4.98 Å². The molecule has 0 bridgehead atoms. The Labute approximate surface area is 93.3 Å². The summed E-state index contributed by atoms with van der Waals surface area (Å²) in [7, 11) is -2.92. The first-order chi connectivity index (χ1) is 7.01. The molecule has 0 saturated heterocycles. The number of thioether (sulfide) groups is 1. The molecule has 0 radical (unpaired) electrons. The minimum atomic E-state index is -2.92. The Morgan fingerprint density at radius 1 is 1.53 bits per heavy atom. The zero-order valence-electron chi connectivity index (χ0n) is 8.17. The molecule has 1 rings (SSSR count). The summed E-state index contributed by atoms with van der Waals surface area (Å²) in [5.41, 5.74) is 0.347. The molecule has 0 aliphatic carbocycles. The minimum Gasteiger partial charge on any atom is -0.231 e. The first kappa shape index (κ1) is 12.0. The average Bonchev–Trinajstić information content (AvgIpc) is 2.16. The van der Waals surface area contributed by atoms with Crippen LogP contribution in [0.1, 0.15) is 5.69 Å². The Kier molecular flexibility index (Phi) is 4.12. The smallest absolute Gasteiger partial charge is 0.148 e. The van der Waals surface area contributed by atoms with E-state index in [1.165, 1.54) is 18.0 Å². The summed E-state index contributed by atoms with van der Waals surface area (Å²) >= 11 is 1.34. The van der Waals surface area contributed by atoms with E-state index >= 15 is 0 Å². The van der Waals surface area contributed by atoms with Gasteiger partial charge in [-0.15, -0.1) is 11.8 Å². The molecule has 1 aromatic heterocycles. The van der Waals surface area contributed by atoms with E-state index in [9.17, 15) is 8.42 Å². The zero-order chi connectivity index (χ0) is 11.3. The second-order valence-corrected chi connectivity index (χ2v) is 6.33. The topological polar surface area (TPSA) is 70.8 Å². The van der Waals surface area contributed by atoms with Gasteiger partial charge in [-0.3, -0.25) is 0 Å². The van der Waals surface area contributed by atoms with Crippen LogP contribution in [0.25, 0.3) is 0 Å². The van der Waals surface area contributed by atoms with E-state index in [1.54, 1.807) is 18.2 Å². The van der Waals surface area contributed by atoms with Crippen molar-refractivity contribution < 1.29 is 8.42 Å². The van der Waals surface area contributed by atoms with Gasteiger partial charge in [-0.1, -0.05) is 6.07 Å². The Hall–Kier alpha value is -1.06. The molecule has 0 aromatic carbocycles. The highest BCUT2D eigenvalue weighted by Gasteiger charge is 2.03. The summed E-state index contributed by atoms with van der Waals surface area (Å²) in [5.74, 6) is 0.580. The standard InChI is InChI=1S/C9H10N2O2S2/c1-15(12,13)6-5-14-9-4-2-3-8(7-10)11-9/h2-4H,5-6H2,1H3. The molecule has 4 nitrogen and oxygen atoms in total. The second-order valence-electron chi connectivity index (χ2n) is 2.95. The first-order valence-electron chi connectivity index (χ1n) is 4.19. The molecule has 0 aliphatic heterocycles. The summed E-state index contributed by atoms with van der Waals surface area (Å²) in [6.45, 7) is 0. The maximum Gasteiger partial charge on any atom is 0.148 e. The predicted octanol–water partition coefficient (Wildman–Crippen LogP) is 1.09. The predicted molar refractivity (Wildman–Crippen MR) is 59.4 cm³/mol. The van der Waals surface area contributed by atoms with Crippen LogP contribution < -0.4 is 0 Å². The van der Waals surface area contributed by atoms with Crippen molar-refractivity contribution in [3.05, 3.63) is 23.9 Å². The largest absolute Gasteiger partial charge is 0.231 e. The highest BCUT2D eigenvalue weighted by Crippen LogP contribution is 2.15. The lowest BCUT2D eigenvalue weighted by molar-refractivity contribution is 0.603. The molecule has 80 valence electrons. The van der Waals surface area contributed by atoms with Crippen LogP contribution in [0.3, 0.4) is 0 Å². The van der Waals surface area contributed by atoms with E-state index < -0.39 is 9.84 Å². The van der Waals surface area contributed by atoms with Crippen LogP contribution >= 0.6 is 11.8 Å². The highest BCUT2D eigenvalue weighted by atomic mass is 32.2. The molecule has 0 aliphatic rings. The van der Waals surface area contributed by atoms with Gasteiger partial charge < -0.3 is 0 Å². The molecule has 1 aromatic rings. The van der Waals surface area contributed by atoms with E-state index in [1.807, 2.05) is 6.07 Å². The number of sulfone groups is 1. The Morgan fingerprint density at radius 2 is 2.27 bits per heavy atom. The Morgan fingerprint density at radius 3 is 2.87 bits per heavy atom. The van der Waals surface area contributed by atoms with Crippen molar-refractivity contribution >= 4 is 21.6 Å². The zero-order valence-corrected chi connectivity index (χ0v) is 9.81. The van der Waals surface area contributed by atoms with Gasteiger partial charge >= 0.3 is 0 Å². The maximum atomic E-state index is 10.9. The molecule has 0 unspecified atom stereocenters. The first-order valence-corrected chi connectivity index (χ1v) is 7.23. The molecule has 1 heterocycles. The number of rotatable bonds is 4. The van der Waals surface area contributed by atoms with Crippen molar-refractivity contribution in [1.82, 2.24) is 4.98 Å². The van der Waals surface area contributed by atoms with E-state index in [0.29, 0.717) is 16.5 Å². The van der Waals surface area contributed by atoms with Gasteiger partial charge in [0.15, 0.2) is 0 Å². The van der Waals surface area contributed by atoms with Crippen LogP contribution in [0.15, 0.2) is 23.2 Å². The van der Waals surface area contributed by atoms with Gasteiger partial charge in [0.25, 0.3) is 0 Å². The van der Waals surface area contributed by atoms with Gasteiger partial charge in [0, 0.05) is 12.0 Å². The number of nitriles is 1. The summed E-state index contributed by atoms with van der Waals surface area (Å²) in [5, 5.41) is 9.28. The van der Waals surface area contributed by atoms with E-state index in [0.717, 1.165) is 0 Å². The highest BCUT2D eigenvalue weighted by molar-refractivity contribution is 8.00. The molecule has 0 fully saturated rings. The van der Waals surface area contributed by atoms with Crippen molar-refractivity contribution in [1.29, 1.82) is 5.26 Å². The fourth-order valence-electron chi connectivity index (χ4n) is 0.855. The molecule has 0 amide bonds. The van der Waals surface area contributed by atoms with Gasteiger partial charge in [-0.2, -0.15) is 5.26 Å². The van der Waals surface area contributed by atoms with Gasteiger partial charge in [-0.05, 0) is 12.1 Å². The van der Waals surface area contributed by atoms with Crippen LogP contribution in [-0.2, 0) is 9.84 Å². The second kappa shape index (κ2) is 5.14. The lowest BCUT2D eigenvalue weighted by atomic mass is 10.4. The SMILES string of the molecule is CS(=O)(=O)CCSc1cccc(C#N)n1. The van der Waals surface area contributed by atoms with E-state index in [-0.39, 0.29) is 5.75 Å². The number of aromatic nitrogens is 1. The summed E-state index contributed by atoms with van der Waals surface area (Å²) < 4.78 is 21.7. The van der Waals surface area contributed by atoms with Crippen LogP contribution in [0.4, 0.5) is 0 Å². The third-order valence-corrected chi connectivity index (χ3v) is 3.68. The molecule has 0 spiro atoms. The van der Waals surface area contributed by atoms with Crippen molar-refractivity contribution in [3.8, 4) is 6.07 Å². The van der Waals surface area contributed by atoms with Crippen LogP contribution in [0, 0.1) is 11.3 Å². The number of pyridine rings is 1. The van der Waals surface area contributed by atoms with Gasteiger partial charge in [0.1, 0.15) is 21.6 Å². The summed E-state index contributed by atoms with van der Waals surface area (Å²) in [4.78, 5) is 4.02. The third-order valence-electron chi connectivity index (χ3n) is 1.54. The molecule has 0 saturated carbocycles. The molecular weight excluding hydrogens is 232 g/mol. The number of nitrogens with zero attached hydrogens (tertiary/aromatic N) is 2. The fraction of sp³-hybridized carbons (Fsp3) is 0.333. The lowest BCUT2D eigenvalue weighted by Crippen LogP contribution is -2.05. The molecule has 0 atom stereocenters. The quantitative estimate of drug-likeness (QED) is 0.739. The molecule has 15 heavy (non-hydrogen) atoms. The van der Waals surface area contributed by atoms with Crippen LogP contribution in [0.5, 0.6) is 0 Å². The normalized spacial score (nSPS) is 10.9. The van der Waals surface area contributed by atoms with Crippen molar-refractivity contribution in [2.75, 3.05) is 17.8 Å². The average molecular weight is 242 g/mol. The van der Waals surface area contributed by atoms with Crippen LogP contribution in [0.2, 0.25) is 0 Å². The Bertz CT molecular complexity index is 477. The Balaban J connectivity index is 2.55. The van der Waals surface area contributed by atoms with Crippen molar-refractivity contribution in [3.63, 3.8) is 0 Å². The molecule has 6 heteroatoms. The lowest BCUT2D eigenvalue weighted by Gasteiger charge is -1.99. The maximum absolute atomic E-state index is 10.9. The van der Waals surface area contributed by atoms with Crippen molar-refractivity contribution in [2.24, 2.45) is 0 Å². The number of hydrogen-bond acceptors (Lipinski definition) is 5. The monoisotopic (exact) mass is 242 g/mol. The van der Waals surface area contributed by atoms with Gasteiger partial charge in [0.05, 0.1) is 10.8 Å². The number of hydrogen-bond donors (Lipinski definition) is 0. The molecule has 0 N–H and O–H groups in total. The fourth-order valence-corrected chi connectivity index (χ4v) is 2.95. The van der Waals surface area contributed by atoms with E-state index in [4.69, 9.17) is 5.26 Å². The third kappa shape index (κ3) is 4.81.